The van der Waals surface area contributed by atoms with Crippen LogP contribution >= 0.6 is 22.9 Å². The Hall–Kier alpha value is -1.11. The summed E-state index contributed by atoms with van der Waals surface area (Å²) in [7, 11) is -3.10. The molecular weight excluding hydrogens is 316 g/mol. The zero-order valence-corrected chi connectivity index (χ0v) is 12.9. The summed E-state index contributed by atoms with van der Waals surface area (Å²) < 4.78 is 24.6. The van der Waals surface area contributed by atoms with Crippen molar-refractivity contribution in [2.24, 2.45) is 0 Å². The normalized spacial score (nSPS) is 15.2. The third kappa shape index (κ3) is 2.97. The Morgan fingerprint density at radius 2 is 2.00 bits per heavy atom. The molecule has 0 saturated heterocycles. The Morgan fingerprint density at radius 1 is 1.30 bits per heavy atom. The fourth-order valence-electron chi connectivity index (χ4n) is 1.89. The van der Waals surface area contributed by atoms with E-state index in [9.17, 15) is 8.42 Å². The number of rotatable bonds is 5. The number of sulfone groups is 1. The summed E-state index contributed by atoms with van der Waals surface area (Å²) in [6.45, 7) is 0.624. The number of anilines is 1. The molecule has 1 N–H and O–H groups in total. The van der Waals surface area contributed by atoms with Crippen LogP contribution in [0.15, 0.2) is 35.4 Å². The van der Waals surface area contributed by atoms with Crippen LogP contribution in [0.2, 0.25) is 4.47 Å². The Morgan fingerprint density at radius 3 is 2.55 bits per heavy atom. The highest BCUT2D eigenvalue weighted by Crippen LogP contribution is 2.33. The first-order valence-corrected chi connectivity index (χ1v) is 8.98. The van der Waals surface area contributed by atoms with E-state index in [1.165, 1.54) is 11.3 Å². The first-order chi connectivity index (χ1) is 9.55. The molecule has 3 rings (SSSR count). The minimum Gasteiger partial charge on any atom is -0.380 e. The topological polar surface area (TPSA) is 59.1 Å². The standard InChI is InChI=1S/C13H13ClN2O2S2/c14-13-16-8-10(19-13)7-15-9-1-3-11(4-2-9)20(17,18)12-5-6-12/h1-4,8,12,15H,5-7H2. The van der Waals surface area contributed by atoms with Crippen molar-refractivity contribution in [2.45, 2.75) is 29.5 Å². The van der Waals surface area contributed by atoms with Crippen molar-refractivity contribution >= 4 is 38.5 Å². The van der Waals surface area contributed by atoms with E-state index in [1.807, 2.05) is 0 Å². The Labute approximate surface area is 126 Å². The van der Waals surface area contributed by atoms with Crippen LogP contribution in [0.25, 0.3) is 0 Å². The highest BCUT2D eigenvalue weighted by atomic mass is 35.5. The lowest BCUT2D eigenvalue weighted by molar-refractivity contribution is 0.595. The van der Waals surface area contributed by atoms with Crippen molar-refractivity contribution < 1.29 is 8.42 Å². The summed E-state index contributed by atoms with van der Waals surface area (Å²) in [6.07, 6.45) is 3.30. The Kier molecular flexibility index (Phi) is 3.70. The molecule has 0 bridgehead atoms. The van der Waals surface area contributed by atoms with Gasteiger partial charge in [0.05, 0.1) is 16.7 Å². The van der Waals surface area contributed by atoms with Crippen molar-refractivity contribution in [3.63, 3.8) is 0 Å². The highest BCUT2D eigenvalue weighted by molar-refractivity contribution is 7.92. The monoisotopic (exact) mass is 328 g/mol. The molecule has 0 spiro atoms. The summed E-state index contributed by atoms with van der Waals surface area (Å²) in [6, 6.07) is 6.90. The average Bonchev–Trinajstić information content (AvgIpc) is 3.21. The van der Waals surface area contributed by atoms with Crippen molar-refractivity contribution in [1.82, 2.24) is 4.98 Å². The van der Waals surface area contributed by atoms with Gasteiger partial charge in [0, 0.05) is 16.8 Å². The zero-order chi connectivity index (χ0) is 14.2. The van der Waals surface area contributed by atoms with Crippen LogP contribution in [-0.4, -0.2) is 18.7 Å². The summed E-state index contributed by atoms with van der Waals surface area (Å²) in [5.74, 6) is 0. The SMILES string of the molecule is O=S(=O)(c1ccc(NCc2cnc(Cl)s2)cc1)C1CC1. The van der Waals surface area contributed by atoms with E-state index in [0.29, 0.717) is 15.9 Å². The fraction of sp³-hybridized carbons (Fsp3) is 0.308. The first kappa shape index (κ1) is 13.9. The highest BCUT2D eigenvalue weighted by Gasteiger charge is 2.36. The second-order valence-electron chi connectivity index (χ2n) is 4.70. The van der Waals surface area contributed by atoms with Gasteiger partial charge in [-0.15, -0.1) is 11.3 Å². The van der Waals surface area contributed by atoms with Gasteiger partial charge in [-0.2, -0.15) is 0 Å². The Balaban J connectivity index is 1.67. The van der Waals surface area contributed by atoms with Gasteiger partial charge in [0.2, 0.25) is 0 Å². The number of hydrogen-bond acceptors (Lipinski definition) is 5. The smallest absolute Gasteiger partial charge is 0.183 e. The maximum atomic E-state index is 12.0. The van der Waals surface area contributed by atoms with Gasteiger partial charge in [-0.25, -0.2) is 13.4 Å². The molecule has 2 aromatic rings. The van der Waals surface area contributed by atoms with Crippen LogP contribution in [0.3, 0.4) is 0 Å². The molecule has 0 amide bonds. The summed E-state index contributed by atoms with van der Waals surface area (Å²) >= 11 is 7.18. The second kappa shape index (κ2) is 5.35. The molecular formula is C13H13ClN2O2S2. The molecule has 1 aliphatic rings. The van der Waals surface area contributed by atoms with Gasteiger partial charge in [-0.3, -0.25) is 0 Å². The molecule has 4 nitrogen and oxygen atoms in total. The number of nitrogens with one attached hydrogen (secondary N) is 1. The molecule has 20 heavy (non-hydrogen) atoms. The second-order valence-corrected chi connectivity index (χ2v) is 8.63. The van der Waals surface area contributed by atoms with Crippen molar-refractivity contribution in [3.05, 3.63) is 39.8 Å². The minimum absolute atomic E-state index is 0.166. The van der Waals surface area contributed by atoms with Crippen molar-refractivity contribution in [3.8, 4) is 0 Å². The van der Waals surface area contributed by atoms with Gasteiger partial charge in [0.15, 0.2) is 14.3 Å². The maximum absolute atomic E-state index is 12.0. The fourth-order valence-corrected chi connectivity index (χ4v) is 4.46. The summed E-state index contributed by atoms with van der Waals surface area (Å²) in [5.41, 5.74) is 0.879. The van der Waals surface area contributed by atoms with E-state index in [0.717, 1.165) is 23.4 Å². The number of aromatic nitrogens is 1. The molecule has 0 atom stereocenters. The molecule has 1 fully saturated rings. The summed E-state index contributed by atoms with van der Waals surface area (Å²) in [5, 5.41) is 3.05. The molecule has 7 heteroatoms. The molecule has 1 aromatic carbocycles. The average molecular weight is 329 g/mol. The van der Waals surface area contributed by atoms with Gasteiger partial charge >= 0.3 is 0 Å². The quantitative estimate of drug-likeness (QED) is 0.914. The van der Waals surface area contributed by atoms with Crippen molar-refractivity contribution in [2.75, 3.05) is 5.32 Å². The molecule has 1 saturated carbocycles. The van der Waals surface area contributed by atoms with Crippen LogP contribution in [0.4, 0.5) is 5.69 Å². The number of hydrogen-bond donors (Lipinski definition) is 1. The number of thiazole rings is 1. The van der Waals surface area contributed by atoms with Crippen LogP contribution in [0.5, 0.6) is 0 Å². The van der Waals surface area contributed by atoms with Crippen LogP contribution in [-0.2, 0) is 16.4 Å². The van der Waals surface area contributed by atoms with Gasteiger partial charge in [-0.1, -0.05) is 11.6 Å². The third-order valence-electron chi connectivity index (χ3n) is 3.14. The molecule has 0 radical (unpaired) electrons. The van der Waals surface area contributed by atoms with E-state index in [1.54, 1.807) is 30.5 Å². The molecule has 0 aliphatic heterocycles. The van der Waals surface area contributed by atoms with Gasteiger partial charge in [0.25, 0.3) is 0 Å². The van der Waals surface area contributed by atoms with E-state index < -0.39 is 9.84 Å². The number of nitrogens with zero attached hydrogens (tertiary/aromatic N) is 1. The predicted molar refractivity (Wildman–Crippen MR) is 81.1 cm³/mol. The third-order valence-corrected chi connectivity index (χ3v) is 6.53. The van der Waals surface area contributed by atoms with Gasteiger partial charge in [0.1, 0.15) is 0 Å². The Bertz CT molecular complexity index is 706. The first-order valence-electron chi connectivity index (χ1n) is 6.24. The lowest BCUT2D eigenvalue weighted by Gasteiger charge is -2.06. The molecule has 1 aromatic heterocycles. The molecule has 106 valence electrons. The molecule has 0 unspecified atom stereocenters. The van der Waals surface area contributed by atoms with Gasteiger partial charge < -0.3 is 5.32 Å². The van der Waals surface area contributed by atoms with Crippen LogP contribution in [0, 0.1) is 0 Å². The van der Waals surface area contributed by atoms with Gasteiger partial charge in [-0.05, 0) is 37.1 Å². The largest absolute Gasteiger partial charge is 0.380 e. The number of halogens is 1. The van der Waals surface area contributed by atoms with Crippen LogP contribution in [0.1, 0.15) is 17.7 Å². The lowest BCUT2D eigenvalue weighted by Crippen LogP contribution is -2.07. The lowest BCUT2D eigenvalue weighted by atomic mass is 10.3. The van der Waals surface area contributed by atoms with E-state index in [-0.39, 0.29) is 5.25 Å². The number of benzene rings is 1. The van der Waals surface area contributed by atoms with Crippen LogP contribution < -0.4 is 5.32 Å². The maximum Gasteiger partial charge on any atom is 0.183 e. The van der Waals surface area contributed by atoms with E-state index >= 15 is 0 Å². The van der Waals surface area contributed by atoms with E-state index in [4.69, 9.17) is 11.6 Å². The van der Waals surface area contributed by atoms with Crippen molar-refractivity contribution in [1.29, 1.82) is 0 Å². The predicted octanol–water partition coefficient (Wildman–Crippen LogP) is 3.34. The minimum atomic E-state index is -3.10. The van der Waals surface area contributed by atoms with E-state index in [2.05, 4.69) is 10.3 Å². The molecule has 1 heterocycles. The molecule has 1 aliphatic carbocycles. The zero-order valence-electron chi connectivity index (χ0n) is 10.5. The summed E-state index contributed by atoms with van der Waals surface area (Å²) in [4.78, 5) is 5.41.